The van der Waals surface area contributed by atoms with E-state index >= 15 is 0 Å². The van der Waals surface area contributed by atoms with E-state index in [2.05, 4.69) is 46.8 Å². The minimum atomic E-state index is 0.176. The van der Waals surface area contributed by atoms with E-state index in [1.165, 1.54) is 5.56 Å². The molecule has 0 heterocycles. The molecule has 0 radical (unpaired) electrons. The summed E-state index contributed by atoms with van der Waals surface area (Å²) < 4.78 is 5.63. The molecule has 1 aromatic carbocycles. The highest BCUT2D eigenvalue weighted by Gasteiger charge is 2.27. The first-order valence-corrected chi connectivity index (χ1v) is 7.72. The zero-order valence-electron chi connectivity index (χ0n) is 13.4. The summed E-state index contributed by atoms with van der Waals surface area (Å²) >= 11 is 5.56. The summed E-state index contributed by atoms with van der Waals surface area (Å²) in [6.45, 7) is 12.0. The second kappa shape index (κ2) is 7.17. The van der Waals surface area contributed by atoms with E-state index in [0.29, 0.717) is 17.9 Å². The first-order valence-electron chi connectivity index (χ1n) is 7.19. The number of allylic oxidation sites excluding steroid dienone is 1. The van der Waals surface area contributed by atoms with E-state index in [-0.39, 0.29) is 5.41 Å². The van der Waals surface area contributed by atoms with E-state index in [9.17, 15) is 0 Å². The molecule has 1 aromatic rings. The van der Waals surface area contributed by atoms with Crippen LogP contribution in [0.15, 0.2) is 36.4 Å². The van der Waals surface area contributed by atoms with Gasteiger partial charge in [0, 0.05) is 5.88 Å². The molecule has 0 aliphatic heterocycles. The lowest BCUT2D eigenvalue weighted by Gasteiger charge is -2.33. The Balaban J connectivity index is 2.68. The summed E-state index contributed by atoms with van der Waals surface area (Å²) in [5.74, 6) is 1.43. The number of hydrogen-bond donors (Lipinski definition) is 0. The summed E-state index contributed by atoms with van der Waals surface area (Å²) in [6, 6.07) is 8.45. The third-order valence-corrected chi connectivity index (χ3v) is 3.39. The molecule has 0 saturated carbocycles. The van der Waals surface area contributed by atoms with Crippen LogP contribution >= 0.6 is 11.6 Å². The zero-order valence-corrected chi connectivity index (χ0v) is 14.1. The molecule has 2 heteroatoms. The molecule has 0 bridgehead atoms. The molecular weight excluding hydrogens is 268 g/mol. The van der Waals surface area contributed by atoms with Crippen LogP contribution in [0, 0.1) is 5.41 Å². The topological polar surface area (TPSA) is 9.23 Å². The number of rotatable bonds is 6. The molecule has 1 nitrogen and oxygen atoms in total. The van der Waals surface area contributed by atoms with Gasteiger partial charge >= 0.3 is 0 Å². The molecule has 0 fully saturated rings. The zero-order chi connectivity index (χ0) is 15.2. The van der Waals surface area contributed by atoms with Crippen molar-refractivity contribution in [2.45, 2.75) is 46.5 Å². The molecule has 112 valence electrons. The quantitative estimate of drug-likeness (QED) is 0.492. The van der Waals surface area contributed by atoms with E-state index < -0.39 is 0 Å². The average Bonchev–Trinajstić information content (AvgIpc) is 2.32. The van der Waals surface area contributed by atoms with Crippen molar-refractivity contribution in [2.24, 2.45) is 5.41 Å². The minimum Gasteiger partial charge on any atom is -0.490 e. The summed E-state index contributed by atoms with van der Waals surface area (Å²) in [5, 5.41) is 0. The van der Waals surface area contributed by atoms with E-state index in [1.54, 1.807) is 0 Å². The highest BCUT2D eigenvalue weighted by molar-refractivity contribution is 6.18. The monoisotopic (exact) mass is 294 g/mol. The Kier molecular flexibility index (Phi) is 6.13. The second-order valence-corrected chi connectivity index (χ2v) is 7.39. The van der Waals surface area contributed by atoms with Gasteiger partial charge in [0.25, 0.3) is 0 Å². The fourth-order valence-electron chi connectivity index (χ4n) is 2.71. The second-order valence-electron chi connectivity index (χ2n) is 7.08. The maximum absolute atomic E-state index is 5.63. The van der Waals surface area contributed by atoms with Crippen LogP contribution in [-0.4, -0.2) is 12.5 Å². The van der Waals surface area contributed by atoms with Crippen molar-refractivity contribution in [1.82, 2.24) is 0 Å². The number of halogens is 1. The van der Waals surface area contributed by atoms with Crippen molar-refractivity contribution in [2.75, 3.05) is 12.5 Å². The maximum Gasteiger partial charge on any atom is 0.119 e. The molecule has 0 aliphatic carbocycles. The predicted molar refractivity (Wildman–Crippen MR) is 88.9 cm³/mol. The van der Waals surface area contributed by atoms with Crippen LogP contribution in [0.5, 0.6) is 5.75 Å². The van der Waals surface area contributed by atoms with Gasteiger partial charge < -0.3 is 4.74 Å². The molecule has 0 N–H and O–H groups in total. The summed E-state index contributed by atoms with van der Waals surface area (Å²) in [6.07, 6.45) is 4.98. The Hall–Kier alpha value is -0.950. The highest BCUT2D eigenvalue weighted by Crippen LogP contribution is 2.36. The molecule has 0 unspecified atom stereocenters. The fraction of sp³-hybridized carbons (Fsp3) is 0.556. The van der Waals surface area contributed by atoms with Gasteiger partial charge in [0.2, 0.25) is 0 Å². The molecule has 0 atom stereocenters. The Bertz CT molecular complexity index is 424. The van der Waals surface area contributed by atoms with Gasteiger partial charge in [-0.25, -0.2) is 0 Å². The van der Waals surface area contributed by atoms with Gasteiger partial charge in [0.15, 0.2) is 0 Å². The van der Waals surface area contributed by atoms with Crippen LogP contribution in [0.2, 0.25) is 0 Å². The molecule has 0 aliphatic rings. The predicted octanol–water partition coefficient (Wildman–Crippen LogP) is 5.57. The van der Waals surface area contributed by atoms with Gasteiger partial charge in [-0.15, -0.1) is 11.6 Å². The minimum absolute atomic E-state index is 0.176. The number of ether oxygens (including phenoxy) is 1. The third kappa shape index (κ3) is 6.00. The van der Waals surface area contributed by atoms with Crippen molar-refractivity contribution < 1.29 is 4.74 Å². The average molecular weight is 295 g/mol. The summed E-state index contributed by atoms with van der Waals surface area (Å²) in [5.41, 5.74) is 1.86. The largest absolute Gasteiger partial charge is 0.490 e. The Morgan fingerprint density at radius 3 is 2.10 bits per heavy atom. The van der Waals surface area contributed by atoms with Crippen LogP contribution in [0.25, 0.3) is 0 Å². The standard InChI is InChI=1S/C18H27ClO/c1-17(2,3)14-18(4,5)15-8-10-16(11-9-15)20-13-7-6-12-19/h6-11H,12-14H2,1-5H3. The van der Waals surface area contributed by atoms with Crippen LogP contribution in [-0.2, 0) is 5.41 Å². The lowest BCUT2D eigenvalue weighted by Crippen LogP contribution is -2.24. The Labute approximate surface area is 129 Å². The van der Waals surface area contributed by atoms with Crippen molar-refractivity contribution in [3.63, 3.8) is 0 Å². The van der Waals surface area contributed by atoms with Crippen LogP contribution < -0.4 is 4.74 Å². The summed E-state index contributed by atoms with van der Waals surface area (Å²) in [7, 11) is 0. The van der Waals surface area contributed by atoms with Crippen molar-refractivity contribution >= 4 is 11.6 Å². The van der Waals surface area contributed by atoms with Crippen LogP contribution in [0.3, 0.4) is 0 Å². The first kappa shape index (κ1) is 17.1. The molecule has 0 aromatic heterocycles. The number of benzene rings is 1. The van der Waals surface area contributed by atoms with Crippen molar-refractivity contribution in [1.29, 1.82) is 0 Å². The number of alkyl halides is 1. The van der Waals surface area contributed by atoms with E-state index in [4.69, 9.17) is 16.3 Å². The highest BCUT2D eigenvalue weighted by atomic mass is 35.5. The first-order chi connectivity index (χ1) is 9.24. The van der Waals surface area contributed by atoms with E-state index in [1.807, 2.05) is 24.3 Å². The molecule has 0 spiro atoms. The van der Waals surface area contributed by atoms with Crippen molar-refractivity contribution in [3.8, 4) is 5.75 Å². The maximum atomic E-state index is 5.63. The van der Waals surface area contributed by atoms with Gasteiger partial charge in [0.1, 0.15) is 12.4 Å². The van der Waals surface area contributed by atoms with Gasteiger partial charge in [-0.2, -0.15) is 0 Å². The smallest absolute Gasteiger partial charge is 0.119 e. The summed E-state index contributed by atoms with van der Waals surface area (Å²) in [4.78, 5) is 0. The van der Waals surface area contributed by atoms with Crippen LogP contribution in [0.4, 0.5) is 0 Å². The molecule has 0 saturated heterocycles. The van der Waals surface area contributed by atoms with Gasteiger partial charge in [0.05, 0.1) is 0 Å². The lowest BCUT2D eigenvalue weighted by molar-refractivity contribution is 0.284. The lowest BCUT2D eigenvalue weighted by atomic mass is 9.72. The van der Waals surface area contributed by atoms with Gasteiger partial charge in [-0.1, -0.05) is 58.9 Å². The number of hydrogen-bond acceptors (Lipinski definition) is 1. The third-order valence-electron chi connectivity index (χ3n) is 3.21. The van der Waals surface area contributed by atoms with Gasteiger partial charge in [-0.3, -0.25) is 0 Å². The van der Waals surface area contributed by atoms with Crippen molar-refractivity contribution in [3.05, 3.63) is 42.0 Å². The Morgan fingerprint density at radius 1 is 1.00 bits per heavy atom. The van der Waals surface area contributed by atoms with Crippen LogP contribution in [0.1, 0.15) is 46.6 Å². The molecule has 1 rings (SSSR count). The molecule has 20 heavy (non-hydrogen) atoms. The SMILES string of the molecule is CC(C)(C)CC(C)(C)c1ccc(OCC=CCCl)cc1. The van der Waals surface area contributed by atoms with E-state index in [0.717, 1.165) is 12.2 Å². The van der Waals surface area contributed by atoms with Gasteiger partial charge in [-0.05, 0) is 34.9 Å². The molecule has 0 amide bonds. The Morgan fingerprint density at radius 2 is 1.60 bits per heavy atom. The fourth-order valence-corrected chi connectivity index (χ4v) is 2.83. The molecular formula is C18H27ClO. The normalized spacial score (nSPS) is 12.9.